The van der Waals surface area contributed by atoms with E-state index in [1.165, 1.54) is 57.9 Å². The van der Waals surface area contributed by atoms with Crippen molar-refractivity contribution in [2.45, 2.75) is 57.4 Å². The summed E-state index contributed by atoms with van der Waals surface area (Å²) < 4.78 is 5.46. The second kappa shape index (κ2) is 8.23. The highest BCUT2D eigenvalue weighted by Gasteiger charge is 2.27. The number of nitrogens with zero attached hydrogens (tertiary/aromatic N) is 1. The highest BCUT2D eigenvalue weighted by molar-refractivity contribution is 4.82. The summed E-state index contributed by atoms with van der Waals surface area (Å²) >= 11 is 0. The van der Waals surface area contributed by atoms with Crippen LogP contribution in [0.1, 0.15) is 51.4 Å². The third-order valence-corrected chi connectivity index (χ3v) is 5.14. The van der Waals surface area contributed by atoms with Crippen LogP contribution in [-0.2, 0) is 4.74 Å². The molecule has 0 amide bonds. The molecule has 1 aliphatic heterocycles. The first-order valence-electron chi connectivity index (χ1n) is 8.29. The van der Waals surface area contributed by atoms with Crippen molar-refractivity contribution < 1.29 is 4.74 Å². The van der Waals surface area contributed by atoms with Crippen molar-refractivity contribution in [3.8, 4) is 0 Å². The largest absolute Gasteiger partial charge is 0.381 e. The molecule has 19 heavy (non-hydrogen) atoms. The van der Waals surface area contributed by atoms with Gasteiger partial charge in [0.05, 0.1) is 0 Å². The third-order valence-electron chi connectivity index (χ3n) is 5.14. The van der Waals surface area contributed by atoms with Crippen molar-refractivity contribution >= 4 is 0 Å². The molecule has 3 heteroatoms. The first-order valence-corrected chi connectivity index (χ1v) is 8.29. The number of nitrogens with two attached hydrogens (primary N) is 1. The van der Waals surface area contributed by atoms with E-state index in [0.717, 1.165) is 31.6 Å². The molecule has 1 atom stereocenters. The molecule has 1 aliphatic carbocycles. The minimum Gasteiger partial charge on any atom is -0.381 e. The lowest BCUT2D eigenvalue weighted by Crippen LogP contribution is -2.46. The first kappa shape index (κ1) is 15.3. The van der Waals surface area contributed by atoms with Crippen molar-refractivity contribution in [2.24, 2.45) is 17.6 Å². The fourth-order valence-corrected chi connectivity index (χ4v) is 3.90. The summed E-state index contributed by atoms with van der Waals surface area (Å²) in [6.07, 6.45) is 10.9. The Morgan fingerprint density at radius 3 is 2.26 bits per heavy atom. The van der Waals surface area contributed by atoms with Gasteiger partial charge in [0.2, 0.25) is 0 Å². The van der Waals surface area contributed by atoms with Crippen LogP contribution in [0.25, 0.3) is 0 Å². The van der Waals surface area contributed by atoms with Gasteiger partial charge in [0, 0.05) is 32.3 Å². The van der Waals surface area contributed by atoms with E-state index in [0.29, 0.717) is 6.04 Å². The normalized spacial score (nSPS) is 25.4. The Kier molecular flexibility index (Phi) is 6.62. The third kappa shape index (κ3) is 4.73. The van der Waals surface area contributed by atoms with Crippen molar-refractivity contribution in [2.75, 3.05) is 33.4 Å². The average molecular weight is 268 g/mol. The maximum atomic E-state index is 6.09. The Balaban J connectivity index is 1.83. The van der Waals surface area contributed by atoms with Gasteiger partial charge in [-0.3, -0.25) is 0 Å². The Hall–Kier alpha value is -0.120. The molecule has 2 N–H and O–H groups in total. The predicted octanol–water partition coefficient (Wildman–Crippen LogP) is 2.64. The monoisotopic (exact) mass is 268 g/mol. The molecule has 0 bridgehead atoms. The molecule has 0 spiro atoms. The summed E-state index contributed by atoms with van der Waals surface area (Å²) in [5.41, 5.74) is 6.09. The fourth-order valence-electron chi connectivity index (χ4n) is 3.90. The zero-order chi connectivity index (χ0) is 13.5. The minimum absolute atomic E-state index is 0.598. The molecule has 2 rings (SSSR count). The second-order valence-corrected chi connectivity index (χ2v) is 6.55. The molecule has 0 aromatic heterocycles. The van der Waals surface area contributed by atoms with Gasteiger partial charge in [0.25, 0.3) is 0 Å². The maximum Gasteiger partial charge on any atom is 0.0469 e. The molecule has 112 valence electrons. The van der Waals surface area contributed by atoms with Crippen LogP contribution in [0.4, 0.5) is 0 Å². The molecule has 0 radical (unpaired) electrons. The molecular formula is C16H32N2O. The van der Waals surface area contributed by atoms with E-state index in [4.69, 9.17) is 10.5 Å². The van der Waals surface area contributed by atoms with E-state index in [9.17, 15) is 0 Å². The minimum atomic E-state index is 0.598. The zero-order valence-electron chi connectivity index (χ0n) is 12.7. The van der Waals surface area contributed by atoms with Crippen LogP contribution in [0, 0.1) is 11.8 Å². The molecule has 0 aromatic carbocycles. The van der Waals surface area contributed by atoms with Crippen LogP contribution in [0.2, 0.25) is 0 Å². The lowest BCUT2D eigenvalue weighted by atomic mass is 9.89. The van der Waals surface area contributed by atoms with Crippen molar-refractivity contribution in [1.29, 1.82) is 0 Å². The molecule has 3 nitrogen and oxygen atoms in total. The summed E-state index contributed by atoms with van der Waals surface area (Å²) in [6, 6.07) is 0.598. The van der Waals surface area contributed by atoms with Crippen LogP contribution in [0.15, 0.2) is 0 Å². The quantitative estimate of drug-likeness (QED) is 0.779. The molecule has 2 aliphatic rings. The van der Waals surface area contributed by atoms with Crippen molar-refractivity contribution in [1.82, 2.24) is 4.90 Å². The van der Waals surface area contributed by atoms with E-state index in [1.807, 2.05) is 0 Å². The number of likely N-dealkylation sites (N-methyl/N-ethyl adjacent to an activating group) is 1. The Morgan fingerprint density at radius 1 is 1.05 bits per heavy atom. The van der Waals surface area contributed by atoms with Crippen LogP contribution in [-0.4, -0.2) is 44.3 Å². The lowest BCUT2D eigenvalue weighted by molar-refractivity contribution is 0.0449. The summed E-state index contributed by atoms with van der Waals surface area (Å²) in [5, 5.41) is 0. The van der Waals surface area contributed by atoms with Gasteiger partial charge >= 0.3 is 0 Å². The Morgan fingerprint density at radius 2 is 1.68 bits per heavy atom. The van der Waals surface area contributed by atoms with Gasteiger partial charge in [0.1, 0.15) is 0 Å². The van der Waals surface area contributed by atoms with Crippen LogP contribution in [0.5, 0.6) is 0 Å². The fraction of sp³-hybridized carbons (Fsp3) is 1.00. The van der Waals surface area contributed by atoms with Gasteiger partial charge in [-0.05, 0) is 44.6 Å². The molecule has 0 aromatic rings. The lowest BCUT2D eigenvalue weighted by Gasteiger charge is -2.36. The average Bonchev–Trinajstić information content (AvgIpc) is 2.70. The number of hydrogen-bond acceptors (Lipinski definition) is 3. The van der Waals surface area contributed by atoms with Crippen LogP contribution >= 0.6 is 0 Å². The maximum absolute atomic E-state index is 6.09. The molecule has 2 fully saturated rings. The topological polar surface area (TPSA) is 38.5 Å². The van der Waals surface area contributed by atoms with Crippen molar-refractivity contribution in [3.05, 3.63) is 0 Å². The first-order chi connectivity index (χ1) is 9.31. The summed E-state index contributed by atoms with van der Waals surface area (Å²) in [5.74, 6) is 1.65. The standard InChI is InChI=1S/C16H32N2O/c1-18(13-14-8-10-19-11-9-14)16(12-17)15-6-4-2-3-5-7-15/h14-16H,2-13,17H2,1H3. The highest BCUT2D eigenvalue weighted by Crippen LogP contribution is 2.28. The van der Waals surface area contributed by atoms with E-state index in [-0.39, 0.29) is 0 Å². The second-order valence-electron chi connectivity index (χ2n) is 6.55. The SMILES string of the molecule is CN(CC1CCOCC1)C(CN)C1CCCCCC1. The van der Waals surface area contributed by atoms with Crippen LogP contribution < -0.4 is 5.73 Å². The van der Waals surface area contributed by atoms with Gasteiger partial charge in [-0.1, -0.05) is 25.7 Å². The summed E-state index contributed by atoms with van der Waals surface area (Å²) in [6.45, 7) is 3.94. The van der Waals surface area contributed by atoms with Gasteiger partial charge in [0.15, 0.2) is 0 Å². The van der Waals surface area contributed by atoms with Gasteiger partial charge in [-0.2, -0.15) is 0 Å². The number of ether oxygens (including phenoxy) is 1. The Bertz CT molecular complexity index is 233. The smallest absolute Gasteiger partial charge is 0.0469 e. The number of hydrogen-bond donors (Lipinski definition) is 1. The molecule has 1 heterocycles. The molecular weight excluding hydrogens is 236 g/mol. The molecule has 1 saturated heterocycles. The van der Waals surface area contributed by atoms with Crippen LogP contribution in [0.3, 0.4) is 0 Å². The van der Waals surface area contributed by atoms with Gasteiger partial charge in [-0.25, -0.2) is 0 Å². The van der Waals surface area contributed by atoms with Gasteiger partial charge < -0.3 is 15.4 Å². The zero-order valence-corrected chi connectivity index (χ0v) is 12.7. The van der Waals surface area contributed by atoms with E-state index < -0.39 is 0 Å². The van der Waals surface area contributed by atoms with E-state index in [2.05, 4.69) is 11.9 Å². The summed E-state index contributed by atoms with van der Waals surface area (Å²) in [4.78, 5) is 2.56. The summed E-state index contributed by atoms with van der Waals surface area (Å²) in [7, 11) is 2.29. The highest BCUT2D eigenvalue weighted by atomic mass is 16.5. The number of rotatable bonds is 5. The Labute approximate surface area is 118 Å². The predicted molar refractivity (Wildman–Crippen MR) is 80.2 cm³/mol. The molecule has 1 saturated carbocycles. The van der Waals surface area contributed by atoms with Crippen molar-refractivity contribution in [3.63, 3.8) is 0 Å². The van der Waals surface area contributed by atoms with E-state index >= 15 is 0 Å². The van der Waals surface area contributed by atoms with Gasteiger partial charge in [-0.15, -0.1) is 0 Å². The van der Waals surface area contributed by atoms with E-state index in [1.54, 1.807) is 0 Å². The molecule has 1 unspecified atom stereocenters.